The van der Waals surface area contributed by atoms with Crippen LogP contribution in [0.3, 0.4) is 0 Å². The van der Waals surface area contributed by atoms with E-state index in [4.69, 9.17) is 13.8 Å². The number of hydrogen-bond acceptors (Lipinski definition) is 6. The fourth-order valence-corrected chi connectivity index (χ4v) is 3.88. The highest BCUT2D eigenvalue weighted by Gasteiger charge is 2.42. The summed E-state index contributed by atoms with van der Waals surface area (Å²) in [6, 6.07) is 7.18. The van der Waals surface area contributed by atoms with E-state index in [0.29, 0.717) is 5.69 Å². The highest BCUT2D eigenvalue weighted by Crippen LogP contribution is 2.53. The van der Waals surface area contributed by atoms with Crippen LogP contribution in [0.4, 0.5) is 5.69 Å². The first-order valence-electron chi connectivity index (χ1n) is 7.05. The topological polar surface area (TPSA) is 73.9 Å². The molecule has 0 saturated heterocycles. The van der Waals surface area contributed by atoms with E-state index in [1.165, 1.54) is 0 Å². The molecule has 0 amide bonds. The largest absolute Gasteiger partial charge is 0.464 e. The highest BCUT2D eigenvalue weighted by atomic mass is 79.9. The van der Waals surface area contributed by atoms with E-state index >= 15 is 0 Å². The Hall–Kier alpha value is -0.880. The molecule has 0 aliphatic carbocycles. The van der Waals surface area contributed by atoms with Gasteiger partial charge in [-0.2, -0.15) is 0 Å². The van der Waals surface area contributed by atoms with Crippen LogP contribution in [0.5, 0.6) is 0 Å². The number of benzene rings is 1. The van der Waals surface area contributed by atoms with Gasteiger partial charge in [0.25, 0.3) is 0 Å². The molecule has 1 aromatic carbocycles. The SMILES string of the molecule is CCOC(=O)C(Nc1ccccc1Br)P(=O)(OCC)OCC. The van der Waals surface area contributed by atoms with Crippen LogP contribution in [0, 0.1) is 0 Å². The van der Waals surface area contributed by atoms with E-state index in [0.717, 1.165) is 4.47 Å². The molecule has 22 heavy (non-hydrogen) atoms. The van der Waals surface area contributed by atoms with E-state index in [-0.39, 0.29) is 19.8 Å². The molecule has 6 nitrogen and oxygen atoms in total. The lowest BCUT2D eigenvalue weighted by Crippen LogP contribution is -2.33. The summed E-state index contributed by atoms with van der Waals surface area (Å²) in [5, 5.41) is 2.91. The van der Waals surface area contributed by atoms with Crippen LogP contribution in [-0.4, -0.2) is 31.6 Å². The van der Waals surface area contributed by atoms with Gasteiger partial charge in [0, 0.05) is 10.2 Å². The van der Waals surface area contributed by atoms with Crippen LogP contribution in [0.2, 0.25) is 0 Å². The van der Waals surface area contributed by atoms with Gasteiger partial charge in [-0.25, -0.2) is 4.79 Å². The van der Waals surface area contributed by atoms with E-state index < -0.39 is 19.3 Å². The summed E-state index contributed by atoms with van der Waals surface area (Å²) >= 11 is 3.37. The maximum absolute atomic E-state index is 12.9. The molecule has 0 fully saturated rings. The number of esters is 1. The van der Waals surface area contributed by atoms with E-state index in [2.05, 4.69) is 21.2 Å². The average Bonchev–Trinajstić information content (AvgIpc) is 2.47. The molecule has 0 saturated carbocycles. The fourth-order valence-electron chi connectivity index (χ4n) is 1.76. The summed E-state index contributed by atoms with van der Waals surface area (Å²) in [5.41, 5.74) is 0.597. The Kier molecular flexibility index (Phi) is 8.10. The third kappa shape index (κ3) is 5.09. The maximum atomic E-state index is 12.9. The first-order chi connectivity index (χ1) is 10.5. The number of anilines is 1. The second kappa shape index (κ2) is 9.30. The molecular formula is C14H21BrNO5P. The van der Waals surface area contributed by atoms with E-state index in [1.54, 1.807) is 39.0 Å². The van der Waals surface area contributed by atoms with Gasteiger partial charge < -0.3 is 19.1 Å². The number of rotatable bonds is 9. The van der Waals surface area contributed by atoms with Gasteiger partial charge in [-0.05, 0) is 48.8 Å². The zero-order chi connectivity index (χ0) is 16.6. The molecule has 0 spiro atoms. The Morgan fingerprint density at radius 3 is 2.27 bits per heavy atom. The first kappa shape index (κ1) is 19.2. The van der Waals surface area contributed by atoms with Crippen LogP contribution in [-0.2, 0) is 23.1 Å². The normalized spacial score (nSPS) is 12.7. The van der Waals surface area contributed by atoms with Crippen molar-refractivity contribution < 1.29 is 23.1 Å². The molecule has 1 rings (SSSR count). The van der Waals surface area contributed by atoms with Crippen molar-refractivity contribution in [1.29, 1.82) is 0 Å². The zero-order valence-corrected chi connectivity index (χ0v) is 15.4. The number of nitrogens with one attached hydrogen (secondary N) is 1. The molecule has 0 aliphatic heterocycles. The van der Waals surface area contributed by atoms with Crippen molar-refractivity contribution in [3.8, 4) is 0 Å². The molecule has 8 heteroatoms. The minimum atomic E-state index is -3.71. The molecule has 0 aliphatic rings. The van der Waals surface area contributed by atoms with Crippen LogP contribution >= 0.6 is 23.5 Å². The van der Waals surface area contributed by atoms with Gasteiger partial charge in [0.05, 0.1) is 19.8 Å². The molecule has 0 aromatic heterocycles. The first-order valence-corrected chi connectivity index (χ1v) is 9.45. The molecule has 1 unspecified atom stereocenters. The molecular weight excluding hydrogens is 373 g/mol. The number of hydrogen-bond donors (Lipinski definition) is 1. The number of para-hydroxylation sites is 1. The van der Waals surface area contributed by atoms with Crippen LogP contribution in [0.15, 0.2) is 28.7 Å². The standard InChI is InChI=1S/C14H21BrNO5P/c1-4-19-14(17)13(22(18,20-5-2)21-6-3)16-12-10-8-7-9-11(12)15/h7-10,13,16H,4-6H2,1-3H3. The second-order valence-corrected chi connectivity index (χ2v) is 7.12. The van der Waals surface area contributed by atoms with Gasteiger partial charge in [0.15, 0.2) is 0 Å². The van der Waals surface area contributed by atoms with Crippen LogP contribution in [0.25, 0.3) is 0 Å². The van der Waals surface area contributed by atoms with Gasteiger partial charge in [0.1, 0.15) is 0 Å². The number of carbonyl (C=O) groups excluding carboxylic acids is 1. The van der Waals surface area contributed by atoms with Crippen LogP contribution in [0.1, 0.15) is 20.8 Å². The van der Waals surface area contributed by atoms with Crippen molar-refractivity contribution in [1.82, 2.24) is 0 Å². The Morgan fingerprint density at radius 1 is 1.18 bits per heavy atom. The van der Waals surface area contributed by atoms with Gasteiger partial charge in [0.2, 0.25) is 5.78 Å². The van der Waals surface area contributed by atoms with Gasteiger partial charge in [-0.15, -0.1) is 0 Å². The molecule has 124 valence electrons. The predicted octanol–water partition coefficient (Wildman–Crippen LogP) is 4.02. The maximum Gasteiger partial charge on any atom is 0.364 e. The Labute approximate surface area is 139 Å². The molecule has 0 radical (unpaired) electrons. The lowest BCUT2D eigenvalue weighted by atomic mass is 10.3. The predicted molar refractivity (Wildman–Crippen MR) is 89.0 cm³/mol. The number of ether oxygens (including phenoxy) is 1. The number of carbonyl (C=O) groups is 1. The zero-order valence-electron chi connectivity index (χ0n) is 12.9. The van der Waals surface area contributed by atoms with Gasteiger partial charge in [-0.1, -0.05) is 12.1 Å². The minimum Gasteiger partial charge on any atom is -0.464 e. The molecule has 1 N–H and O–H groups in total. The van der Waals surface area contributed by atoms with Gasteiger partial charge in [-0.3, -0.25) is 4.57 Å². The third-order valence-corrected chi connectivity index (χ3v) is 5.51. The Morgan fingerprint density at radius 2 is 1.77 bits per heavy atom. The van der Waals surface area contributed by atoms with Crippen LogP contribution < -0.4 is 5.32 Å². The van der Waals surface area contributed by atoms with E-state index in [9.17, 15) is 9.36 Å². The Balaban J connectivity index is 3.14. The van der Waals surface area contributed by atoms with Crippen molar-refractivity contribution in [3.05, 3.63) is 28.7 Å². The third-order valence-electron chi connectivity index (χ3n) is 2.61. The fraction of sp³-hybridized carbons (Fsp3) is 0.500. The summed E-state index contributed by atoms with van der Waals surface area (Å²) < 4.78 is 29.2. The highest BCUT2D eigenvalue weighted by molar-refractivity contribution is 9.10. The summed E-state index contributed by atoms with van der Waals surface area (Å²) in [6.07, 6.45) is 0. The van der Waals surface area contributed by atoms with Crippen molar-refractivity contribution in [3.63, 3.8) is 0 Å². The van der Waals surface area contributed by atoms with Crippen molar-refractivity contribution in [2.75, 3.05) is 25.1 Å². The number of halogens is 1. The van der Waals surface area contributed by atoms with Gasteiger partial charge >= 0.3 is 13.6 Å². The minimum absolute atomic E-state index is 0.158. The lowest BCUT2D eigenvalue weighted by molar-refractivity contribution is -0.142. The Bertz CT molecular complexity index is 530. The monoisotopic (exact) mass is 393 g/mol. The quantitative estimate of drug-likeness (QED) is 0.504. The smallest absolute Gasteiger partial charge is 0.364 e. The lowest BCUT2D eigenvalue weighted by Gasteiger charge is -2.26. The molecule has 1 aromatic rings. The van der Waals surface area contributed by atoms with E-state index in [1.807, 2.05) is 6.07 Å². The summed E-state index contributed by atoms with van der Waals surface area (Å²) in [5.74, 6) is -1.91. The average molecular weight is 394 g/mol. The molecule has 0 bridgehead atoms. The van der Waals surface area contributed by atoms with Crippen molar-refractivity contribution in [2.45, 2.75) is 26.6 Å². The summed E-state index contributed by atoms with van der Waals surface area (Å²) in [7, 11) is -3.71. The van der Waals surface area contributed by atoms with Crippen molar-refractivity contribution >= 4 is 35.2 Å². The molecule has 1 atom stereocenters. The summed E-state index contributed by atoms with van der Waals surface area (Å²) in [6.45, 7) is 5.54. The van der Waals surface area contributed by atoms with Crippen molar-refractivity contribution in [2.24, 2.45) is 0 Å². The summed E-state index contributed by atoms with van der Waals surface area (Å²) in [4.78, 5) is 12.2. The molecule has 0 heterocycles. The second-order valence-electron chi connectivity index (χ2n) is 4.15.